The standard InChI is InChI=1S/C34H36N4/c1-7-33-20-34(33,8-2)32-37(26-17-21(3)16-22(4)18-26)30-31(36-15-14-35-30)38(32)28-13-12-25(19-27(28)33)29-23(5)10-9-11-24(29)6/h9-19,32H,7-8,20H2,1-6H3. The first-order chi connectivity index (χ1) is 18.3. The molecule has 0 saturated heterocycles. The van der Waals surface area contributed by atoms with Crippen molar-refractivity contribution in [2.75, 3.05) is 9.80 Å². The highest BCUT2D eigenvalue weighted by Gasteiger charge is 2.76. The molecule has 0 spiro atoms. The molecule has 192 valence electrons. The molecule has 1 aliphatic carbocycles. The summed E-state index contributed by atoms with van der Waals surface area (Å²) in [6, 6.07) is 20.7. The Morgan fingerprint density at radius 2 is 1.45 bits per heavy atom. The molecular weight excluding hydrogens is 464 g/mol. The van der Waals surface area contributed by atoms with E-state index in [0.717, 1.165) is 24.5 Å². The van der Waals surface area contributed by atoms with Crippen molar-refractivity contribution in [3.8, 4) is 11.1 Å². The number of benzene rings is 3. The second-order valence-corrected chi connectivity index (χ2v) is 11.8. The number of nitrogens with zero attached hydrogens (tertiary/aromatic N) is 4. The summed E-state index contributed by atoms with van der Waals surface area (Å²) >= 11 is 0. The highest BCUT2D eigenvalue weighted by Crippen LogP contribution is 2.77. The van der Waals surface area contributed by atoms with Crippen LogP contribution in [0.15, 0.2) is 67.0 Å². The molecule has 1 saturated carbocycles. The number of rotatable bonds is 4. The van der Waals surface area contributed by atoms with Gasteiger partial charge in [-0.1, -0.05) is 44.2 Å². The number of aromatic nitrogens is 2. The van der Waals surface area contributed by atoms with Crippen LogP contribution in [0.25, 0.3) is 11.1 Å². The monoisotopic (exact) mass is 500 g/mol. The summed E-state index contributed by atoms with van der Waals surface area (Å²) < 4.78 is 0. The topological polar surface area (TPSA) is 32.3 Å². The number of hydrogen-bond donors (Lipinski definition) is 0. The molecule has 2 aliphatic heterocycles. The minimum absolute atomic E-state index is 0.119. The highest BCUT2D eigenvalue weighted by atomic mass is 15.5. The van der Waals surface area contributed by atoms with Crippen LogP contribution in [0.4, 0.5) is 23.0 Å². The van der Waals surface area contributed by atoms with Gasteiger partial charge in [-0.2, -0.15) is 0 Å². The van der Waals surface area contributed by atoms with Gasteiger partial charge in [-0.3, -0.25) is 0 Å². The Bertz CT molecular complexity index is 1570. The summed E-state index contributed by atoms with van der Waals surface area (Å²) in [5.74, 6) is 1.95. The minimum atomic E-state index is 0.119. The normalized spacial score (nSPS) is 24.5. The van der Waals surface area contributed by atoms with Crippen LogP contribution in [0.3, 0.4) is 0 Å². The Kier molecular flexibility index (Phi) is 4.89. The van der Waals surface area contributed by atoms with Gasteiger partial charge in [-0.25, -0.2) is 9.97 Å². The summed E-state index contributed by atoms with van der Waals surface area (Å²) in [5, 5.41) is 0. The zero-order valence-electron chi connectivity index (χ0n) is 23.3. The van der Waals surface area contributed by atoms with E-state index in [4.69, 9.17) is 9.97 Å². The van der Waals surface area contributed by atoms with Crippen molar-refractivity contribution in [2.45, 2.75) is 72.4 Å². The van der Waals surface area contributed by atoms with Crippen LogP contribution in [-0.4, -0.2) is 16.1 Å². The van der Waals surface area contributed by atoms with Crippen molar-refractivity contribution in [3.05, 3.63) is 94.8 Å². The van der Waals surface area contributed by atoms with Crippen LogP contribution in [0.2, 0.25) is 0 Å². The average Bonchev–Trinajstić information content (AvgIpc) is 3.48. The maximum atomic E-state index is 4.96. The lowest BCUT2D eigenvalue weighted by atomic mass is 9.75. The van der Waals surface area contributed by atoms with Gasteiger partial charge in [0.15, 0.2) is 11.6 Å². The summed E-state index contributed by atoms with van der Waals surface area (Å²) in [4.78, 5) is 14.9. The molecule has 4 heteroatoms. The van der Waals surface area contributed by atoms with E-state index in [1.54, 1.807) is 0 Å². The van der Waals surface area contributed by atoms with Gasteiger partial charge in [-0.05, 0) is 110 Å². The SMILES string of the molecule is CCC12CC1(CC)C1N(c3cc(C)cc(C)c3)c3nccnc3N1c1ccc(-c3c(C)cccc3C)cc12. The van der Waals surface area contributed by atoms with E-state index in [1.807, 2.05) is 12.4 Å². The molecule has 3 heterocycles. The fraction of sp³-hybridized carbons (Fsp3) is 0.353. The zero-order chi connectivity index (χ0) is 26.4. The fourth-order valence-electron chi connectivity index (χ4n) is 8.17. The quantitative estimate of drug-likeness (QED) is 0.281. The van der Waals surface area contributed by atoms with Crippen LogP contribution >= 0.6 is 0 Å². The summed E-state index contributed by atoms with van der Waals surface area (Å²) in [5.41, 5.74) is 12.2. The average molecular weight is 501 g/mol. The van der Waals surface area contributed by atoms with E-state index in [9.17, 15) is 0 Å². The Hall–Kier alpha value is -3.66. The molecule has 3 atom stereocenters. The van der Waals surface area contributed by atoms with Gasteiger partial charge in [0.1, 0.15) is 6.17 Å². The lowest BCUT2D eigenvalue weighted by Crippen LogP contribution is -2.51. The summed E-state index contributed by atoms with van der Waals surface area (Å²) in [6.45, 7) is 13.6. The Labute approximate surface area is 226 Å². The van der Waals surface area contributed by atoms with Gasteiger partial charge in [0.25, 0.3) is 0 Å². The van der Waals surface area contributed by atoms with E-state index < -0.39 is 0 Å². The molecule has 4 nitrogen and oxygen atoms in total. The third-order valence-corrected chi connectivity index (χ3v) is 9.81. The van der Waals surface area contributed by atoms with Gasteiger partial charge in [0.05, 0.1) is 0 Å². The van der Waals surface area contributed by atoms with E-state index >= 15 is 0 Å². The fourth-order valence-corrected chi connectivity index (χ4v) is 8.17. The second-order valence-electron chi connectivity index (χ2n) is 11.8. The maximum Gasteiger partial charge on any atom is 0.178 e. The maximum absolute atomic E-state index is 4.96. The molecule has 38 heavy (non-hydrogen) atoms. The van der Waals surface area contributed by atoms with Gasteiger partial charge in [0, 0.05) is 34.6 Å². The van der Waals surface area contributed by atoms with E-state index in [1.165, 1.54) is 56.7 Å². The largest absolute Gasteiger partial charge is 0.301 e. The number of hydrogen-bond acceptors (Lipinski definition) is 4. The van der Waals surface area contributed by atoms with Crippen LogP contribution in [0, 0.1) is 33.1 Å². The lowest BCUT2D eigenvalue weighted by molar-refractivity contribution is 0.311. The predicted octanol–water partition coefficient (Wildman–Crippen LogP) is 8.45. The first-order valence-corrected chi connectivity index (χ1v) is 14.0. The van der Waals surface area contributed by atoms with E-state index in [2.05, 4.69) is 106 Å². The van der Waals surface area contributed by atoms with Crippen LogP contribution in [0.5, 0.6) is 0 Å². The Morgan fingerprint density at radius 3 is 2.08 bits per heavy atom. The van der Waals surface area contributed by atoms with Crippen molar-refractivity contribution in [1.82, 2.24) is 9.97 Å². The molecule has 0 N–H and O–H groups in total. The van der Waals surface area contributed by atoms with Crippen LogP contribution < -0.4 is 9.80 Å². The van der Waals surface area contributed by atoms with Crippen molar-refractivity contribution in [2.24, 2.45) is 5.41 Å². The molecular formula is C34H36N4. The number of fused-ring (bicyclic) bond motifs is 8. The van der Waals surface area contributed by atoms with Crippen molar-refractivity contribution in [3.63, 3.8) is 0 Å². The summed E-state index contributed by atoms with van der Waals surface area (Å²) in [7, 11) is 0. The van der Waals surface area contributed by atoms with Crippen LogP contribution in [0.1, 0.15) is 60.9 Å². The second kappa shape index (κ2) is 7.92. The molecule has 4 aromatic rings. The zero-order valence-corrected chi connectivity index (χ0v) is 23.3. The molecule has 0 radical (unpaired) electrons. The molecule has 1 fully saturated rings. The minimum Gasteiger partial charge on any atom is -0.301 e. The van der Waals surface area contributed by atoms with E-state index in [0.29, 0.717) is 0 Å². The van der Waals surface area contributed by atoms with Gasteiger partial charge in [0.2, 0.25) is 0 Å². The van der Waals surface area contributed by atoms with Gasteiger partial charge >= 0.3 is 0 Å². The van der Waals surface area contributed by atoms with Gasteiger partial charge < -0.3 is 9.80 Å². The van der Waals surface area contributed by atoms with Crippen LogP contribution in [-0.2, 0) is 5.41 Å². The first kappa shape index (κ1) is 23.5. The molecule has 3 unspecified atom stereocenters. The summed E-state index contributed by atoms with van der Waals surface area (Å²) in [6.07, 6.45) is 7.28. The molecule has 3 aliphatic rings. The predicted molar refractivity (Wildman–Crippen MR) is 157 cm³/mol. The Balaban J connectivity index is 1.50. The molecule has 0 amide bonds. The molecule has 3 aromatic carbocycles. The molecule has 7 rings (SSSR count). The molecule has 1 aromatic heterocycles. The third-order valence-electron chi connectivity index (χ3n) is 9.81. The third kappa shape index (κ3) is 2.86. The van der Waals surface area contributed by atoms with Crippen molar-refractivity contribution in [1.29, 1.82) is 0 Å². The Morgan fingerprint density at radius 1 is 0.789 bits per heavy atom. The smallest absolute Gasteiger partial charge is 0.178 e. The van der Waals surface area contributed by atoms with Crippen molar-refractivity contribution >= 4 is 23.0 Å². The van der Waals surface area contributed by atoms with Gasteiger partial charge in [-0.15, -0.1) is 0 Å². The van der Waals surface area contributed by atoms with E-state index in [-0.39, 0.29) is 17.0 Å². The number of anilines is 4. The molecule has 0 bridgehead atoms. The first-order valence-electron chi connectivity index (χ1n) is 14.0. The lowest BCUT2D eigenvalue weighted by Gasteiger charge is -2.46. The highest BCUT2D eigenvalue weighted by molar-refractivity contribution is 5.89. The number of aryl methyl sites for hydroxylation is 4. The van der Waals surface area contributed by atoms with Crippen molar-refractivity contribution < 1.29 is 0 Å².